The number of non-ortho nitro benzene ring substituents is 1. The standard InChI is InChI=1S/C25H22N2O7/c1-16-10-11-20(12-17(16)2)33-15-24(29)26-22-9-4-3-8-21(22)25(30)34-14-23(28)18-6-5-7-19(13-18)27(31)32/h3-13H,14-15H2,1-2H3,(H,26,29). The molecule has 174 valence electrons. The zero-order valence-electron chi connectivity index (χ0n) is 18.6. The highest BCUT2D eigenvalue weighted by molar-refractivity contribution is 6.03. The van der Waals surface area contributed by atoms with Crippen molar-refractivity contribution in [2.45, 2.75) is 13.8 Å². The summed E-state index contributed by atoms with van der Waals surface area (Å²) >= 11 is 0. The Balaban J connectivity index is 1.60. The summed E-state index contributed by atoms with van der Waals surface area (Å²) in [4.78, 5) is 47.4. The van der Waals surface area contributed by atoms with E-state index in [1.165, 1.54) is 30.3 Å². The van der Waals surface area contributed by atoms with E-state index in [4.69, 9.17) is 9.47 Å². The molecule has 3 rings (SSSR count). The van der Waals surface area contributed by atoms with Gasteiger partial charge in [-0.05, 0) is 49.2 Å². The second-order valence-electron chi connectivity index (χ2n) is 7.44. The van der Waals surface area contributed by atoms with Crippen molar-refractivity contribution in [3.05, 3.63) is 99.1 Å². The molecule has 34 heavy (non-hydrogen) atoms. The number of esters is 1. The van der Waals surface area contributed by atoms with Gasteiger partial charge in [-0.2, -0.15) is 0 Å². The molecule has 9 nitrogen and oxygen atoms in total. The third-order valence-corrected chi connectivity index (χ3v) is 4.98. The normalized spacial score (nSPS) is 10.3. The van der Waals surface area contributed by atoms with E-state index >= 15 is 0 Å². The van der Waals surface area contributed by atoms with Gasteiger partial charge in [0.1, 0.15) is 5.75 Å². The van der Waals surface area contributed by atoms with Gasteiger partial charge in [0, 0.05) is 17.7 Å². The van der Waals surface area contributed by atoms with Crippen molar-refractivity contribution in [3.8, 4) is 5.75 Å². The molecular weight excluding hydrogens is 440 g/mol. The minimum Gasteiger partial charge on any atom is -0.484 e. The number of nitro groups is 1. The zero-order valence-corrected chi connectivity index (χ0v) is 18.6. The average molecular weight is 462 g/mol. The van der Waals surface area contributed by atoms with Crippen molar-refractivity contribution in [3.63, 3.8) is 0 Å². The number of carbonyl (C=O) groups is 3. The van der Waals surface area contributed by atoms with Crippen LogP contribution in [0.2, 0.25) is 0 Å². The van der Waals surface area contributed by atoms with Crippen LogP contribution < -0.4 is 10.1 Å². The number of benzene rings is 3. The smallest absolute Gasteiger partial charge is 0.340 e. The number of aryl methyl sites for hydroxylation is 2. The summed E-state index contributed by atoms with van der Waals surface area (Å²) in [5.74, 6) is -1.36. The highest BCUT2D eigenvalue weighted by atomic mass is 16.6. The first-order valence-corrected chi connectivity index (χ1v) is 10.3. The van der Waals surface area contributed by atoms with Gasteiger partial charge in [-0.3, -0.25) is 19.7 Å². The van der Waals surface area contributed by atoms with Crippen LogP contribution >= 0.6 is 0 Å². The van der Waals surface area contributed by atoms with Crippen LogP contribution in [0.1, 0.15) is 31.8 Å². The lowest BCUT2D eigenvalue weighted by molar-refractivity contribution is -0.384. The van der Waals surface area contributed by atoms with Crippen molar-refractivity contribution in [2.24, 2.45) is 0 Å². The Morgan fingerprint density at radius 3 is 2.41 bits per heavy atom. The first kappa shape index (κ1) is 24.1. The molecule has 1 N–H and O–H groups in total. The Hall–Kier alpha value is -4.53. The molecule has 0 unspecified atom stereocenters. The molecule has 0 aliphatic heterocycles. The maximum atomic E-state index is 12.5. The Labute approximate surface area is 195 Å². The number of Topliss-reactive ketones (excluding diaryl/α,β-unsaturated/α-hetero) is 1. The lowest BCUT2D eigenvalue weighted by Crippen LogP contribution is -2.22. The summed E-state index contributed by atoms with van der Waals surface area (Å²) < 4.78 is 10.6. The number of rotatable bonds is 9. The highest BCUT2D eigenvalue weighted by Gasteiger charge is 2.18. The van der Waals surface area contributed by atoms with Gasteiger partial charge in [-0.15, -0.1) is 0 Å². The van der Waals surface area contributed by atoms with Crippen molar-refractivity contribution < 1.29 is 28.8 Å². The summed E-state index contributed by atoms with van der Waals surface area (Å²) in [6.45, 7) is 3.03. The number of ether oxygens (including phenoxy) is 2. The van der Waals surface area contributed by atoms with Crippen LogP contribution in [0.15, 0.2) is 66.7 Å². The molecule has 3 aromatic rings. The van der Waals surface area contributed by atoms with Crippen molar-refractivity contribution in [2.75, 3.05) is 18.5 Å². The molecule has 1 amide bonds. The fraction of sp³-hybridized carbons (Fsp3) is 0.160. The van der Waals surface area contributed by atoms with Gasteiger partial charge in [0.2, 0.25) is 5.78 Å². The second-order valence-corrected chi connectivity index (χ2v) is 7.44. The largest absolute Gasteiger partial charge is 0.484 e. The maximum Gasteiger partial charge on any atom is 0.340 e. The minimum atomic E-state index is -0.829. The number of para-hydroxylation sites is 1. The molecule has 0 radical (unpaired) electrons. The van der Waals surface area contributed by atoms with Gasteiger partial charge < -0.3 is 14.8 Å². The van der Waals surface area contributed by atoms with Crippen LogP contribution in [0.3, 0.4) is 0 Å². The molecule has 0 aliphatic carbocycles. The lowest BCUT2D eigenvalue weighted by atomic mass is 10.1. The molecular formula is C25H22N2O7. The molecule has 0 aromatic heterocycles. The number of hydrogen-bond donors (Lipinski definition) is 1. The third-order valence-electron chi connectivity index (χ3n) is 4.98. The van der Waals surface area contributed by atoms with Gasteiger partial charge in [-0.25, -0.2) is 4.79 Å². The maximum absolute atomic E-state index is 12.5. The van der Waals surface area contributed by atoms with Crippen LogP contribution in [0.4, 0.5) is 11.4 Å². The Morgan fingerprint density at radius 2 is 1.68 bits per heavy atom. The lowest BCUT2D eigenvalue weighted by Gasteiger charge is -2.12. The van der Waals surface area contributed by atoms with Crippen LogP contribution in [0.5, 0.6) is 5.75 Å². The predicted molar refractivity (Wildman–Crippen MR) is 124 cm³/mol. The van der Waals surface area contributed by atoms with Gasteiger partial charge in [0.05, 0.1) is 16.2 Å². The van der Waals surface area contributed by atoms with E-state index in [1.807, 2.05) is 26.0 Å². The summed E-state index contributed by atoms with van der Waals surface area (Å²) in [6, 6.07) is 16.8. The average Bonchev–Trinajstić information content (AvgIpc) is 2.83. The first-order valence-electron chi connectivity index (χ1n) is 10.3. The van der Waals surface area contributed by atoms with Crippen molar-refractivity contribution in [1.29, 1.82) is 0 Å². The Morgan fingerprint density at radius 1 is 0.912 bits per heavy atom. The van der Waals surface area contributed by atoms with E-state index in [0.29, 0.717) is 5.75 Å². The van der Waals surface area contributed by atoms with E-state index in [9.17, 15) is 24.5 Å². The quantitative estimate of drug-likeness (QED) is 0.218. The number of nitrogens with one attached hydrogen (secondary N) is 1. The molecule has 0 fully saturated rings. The van der Waals surface area contributed by atoms with Crippen LogP contribution in [0.25, 0.3) is 0 Å². The number of nitro benzene ring substituents is 1. The number of anilines is 1. The molecule has 0 saturated carbocycles. The van der Waals surface area contributed by atoms with Crippen LogP contribution in [-0.2, 0) is 9.53 Å². The third kappa shape index (κ3) is 6.26. The van der Waals surface area contributed by atoms with E-state index in [1.54, 1.807) is 18.2 Å². The molecule has 0 atom stereocenters. The van der Waals surface area contributed by atoms with Crippen LogP contribution in [0, 0.1) is 24.0 Å². The van der Waals surface area contributed by atoms with Crippen LogP contribution in [-0.4, -0.2) is 35.8 Å². The molecule has 3 aromatic carbocycles. The topological polar surface area (TPSA) is 125 Å². The SMILES string of the molecule is Cc1ccc(OCC(=O)Nc2ccccc2C(=O)OCC(=O)c2cccc([N+](=O)[O-])c2)cc1C. The van der Waals surface area contributed by atoms with Gasteiger partial charge in [0.15, 0.2) is 13.2 Å². The molecule has 9 heteroatoms. The zero-order chi connectivity index (χ0) is 24.7. The summed E-state index contributed by atoms with van der Waals surface area (Å²) in [5.41, 5.74) is 2.19. The van der Waals surface area contributed by atoms with Crippen molar-refractivity contribution in [1.82, 2.24) is 0 Å². The summed E-state index contributed by atoms with van der Waals surface area (Å²) in [7, 11) is 0. The van der Waals surface area contributed by atoms with E-state index < -0.39 is 29.2 Å². The minimum absolute atomic E-state index is 0.0482. The number of amides is 1. The molecule has 0 bridgehead atoms. The predicted octanol–water partition coefficient (Wildman–Crippen LogP) is 4.27. The van der Waals surface area contributed by atoms with Gasteiger partial charge in [0.25, 0.3) is 11.6 Å². The number of hydrogen-bond acceptors (Lipinski definition) is 7. The Kier molecular flexibility index (Phi) is 7.71. The number of nitrogens with zero attached hydrogens (tertiary/aromatic N) is 1. The summed E-state index contributed by atoms with van der Waals surface area (Å²) in [5, 5.41) is 13.5. The highest BCUT2D eigenvalue weighted by Crippen LogP contribution is 2.19. The monoisotopic (exact) mass is 462 g/mol. The fourth-order valence-electron chi connectivity index (χ4n) is 2.99. The number of carbonyl (C=O) groups excluding carboxylic acids is 3. The summed E-state index contributed by atoms with van der Waals surface area (Å²) in [6.07, 6.45) is 0. The number of ketones is 1. The Bertz CT molecular complexity index is 1250. The van der Waals surface area contributed by atoms with Gasteiger partial charge >= 0.3 is 5.97 Å². The molecule has 0 heterocycles. The molecule has 0 spiro atoms. The van der Waals surface area contributed by atoms with E-state index in [0.717, 1.165) is 17.2 Å². The second kappa shape index (κ2) is 10.9. The van der Waals surface area contributed by atoms with E-state index in [-0.39, 0.29) is 29.1 Å². The van der Waals surface area contributed by atoms with Gasteiger partial charge in [-0.1, -0.05) is 30.3 Å². The molecule has 0 saturated heterocycles. The van der Waals surface area contributed by atoms with Crippen molar-refractivity contribution >= 4 is 29.0 Å². The molecule has 0 aliphatic rings. The van der Waals surface area contributed by atoms with E-state index in [2.05, 4.69) is 5.32 Å². The first-order chi connectivity index (χ1) is 16.2. The fourth-order valence-corrected chi connectivity index (χ4v) is 2.99.